The van der Waals surface area contributed by atoms with Gasteiger partial charge in [-0.15, -0.1) is 0 Å². The molecule has 2 aliphatic carbocycles. The van der Waals surface area contributed by atoms with E-state index in [-0.39, 0.29) is 30.9 Å². The van der Waals surface area contributed by atoms with Gasteiger partial charge in [-0.2, -0.15) is 0 Å². The molecule has 14 atom stereocenters. The van der Waals surface area contributed by atoms with Crippen LogP contribution in [0.25, 0.3) is 0 Å². The smallest absolute Gasteiger partial charge is 0.332 e. The second-order valence-corrected chi connectivity index (χ2v) is 14.6. The first kappa shape index (κ1) is 42.8. The molecule has 5 rings (SSSR count). The van der Waals surface area contributed by atoms with E-state index in [0.717, 1.165) is 38.2 Å². The van der Waals surface area contributed by atoms with Gasteiger partial charge in [0, 0.05) is 6.07 Å². The highest BCUT2D eigenvalue weighted by Crippen LogP contribution is 2.35. The lowest BCUT2D eigenvalue weighted by atomic mass is 9.85. The summed E-state index contributed by atoms with van der Waals surface area (Å²) in [6, 6.07) is -1.54. The Kier molecular flexibility index (Phi) is 14.9. The molecule has 5 unspecified atom stereocenters. The van der Waals surface area contributed by atoms with Gasteiger partial charge in [0.15, 0.2) is 18.7 Å². The monoisotopic (exact) mass is 787 g/mol. The number of aromatic amines is 2. The number of ether oxygens (including phenoxy) is 5. The highest BCUT2D eigenvalue weighted by atomic mass is 16.7. The first-order valence-electron chi connectivity index (χ1n) is 18.7. The minimum absolute atomic E-state index is 0.0451. The molecule has 1 aromatic heterocycles. The van der Waals surface area contributed by atoms with E-state index in [1.807, 2.05) is 4.98 Å². The van der Waals surface area contributed by atoms with Gasteiger partial charge in [-0.05, 0) is 38.5 Å². The van der Waals surface area contributed by atoms with Crippen molar-refractivity contribution < 1.29 is 68.7 Å². The summed E-state index contributed by atoms with van der Waals surface area (Å²) in [5.74, 6) is -2.87. The molecule has 0 bridgehead atoms. The van der Waals surface area contributed by atoms with E-state index in [1.54, 1.807) is 0 Å². The van der Waals surface area contributed by atoms with Crippen molar-refractivity contribution in [2.24, 2.45) is 11.7 Å². The quantitative estimate of drug-likeness (QED) is 0.0863. The van der Waals surface area contributed by atoms with Crippen LogP contribution in [0.1, 0.15) is 75.2 Å². The molecular weight excluding hydrogens is 734 g/mol. The van der Waals surface area contributed by atoms with Crippen molar-refractivity contribution in [1.29, 1.82) is 0 Å². The van der Waals surface area contributed by atoms with Crippen LogP contribution in [-0.2, 0) is 33.3 Å². The Morgan fingerprint density at radius 1 is 0.891 bits per heavy atom. The number of aliphatic carboxylic acids is 1. The van der Waals surface area contributed by atoms with Crippen molar-refractivity contribution in [2.45, 2.75) is 150 Å². The number of carboxylic acids is 1. The van der Waals surface area contributed by atoms with Gasteiger partial charge in [-0.1, -0.05) is 32.1 Å². The van der Waals surface area contributed by atoms with Crippen LogP contribution in [-0.4, -0.2) is 157 Å². The molecule has 2 aliphatic heterocycles. The number of nitrogens with one attached hydrogen (secondary N) is 4. The first-order chi connectivity index (χ1) is 26.2. The summed E-state index contributed by atoms with van der Waals surface area (Å²) in [6.45, 7) is 0.154. The average Bonchev–Trinajstić information content (AvgIpc) is 3.15. The second kappa shape index (κ2) is 19.2. The number of hydrogen-bond donors (Lipinski definition) is 11. The highest BCUT2D eigenvalue weighted by Gasteiger charge is 2.52. The van der Waals surface area contributed by atoms with Gasteiger partial charge >= 0.3 is 11.7 Å². The highest BCUT2D eigenvalue weighted by molar-refractivity contribution is 5.92. The zero-order valence-corrected chi connectivity index (χ0v) is 30.4. The number of aliphatic hydroxyl groups is 5. The fourth-order valence-electron chi connectivity index (χ4n) is 7.77. The number of nitrogens with two attached hydrogens (primary N) is 1. The Labute approximate surface area is 314 Å². The molecule has 3 heterocycles. The maximum Gasteiger partial charge on any atom is 0.332 e. The van der Waals surface area contributed by atoms with Crippen LogP contribution in [0.4, 0.5) is 0 Å². The number of rotatable bonds is 14. The summed E-state index contributed by atoms with van der Waals surface area (Å²) in [6.07, 6.45) is -12.1. The van der Waals surface area contributed by atoms with Crippen LogP contribution in [0.15, 0.2) is 15.7 Å². The molecule has 0 aromatic carbocycles. The minimum Gasteiger partial charge on any atom is -0.479 e. The molecule has 2 amide bonds. The zero-order valence-electron chi connectivity index (χ0n) is 30.4. The summed E-state index contributed by atoms with van der Waals surface area (Å²) in [4.78, 5) is 66.7. The maximum atomic E-state index is 13.3. The van der Waals surface area contributed by atoms with E-state index >= 15 is 0 Å². The van der Waals surface area contributed by atoms with Crippen molar-refractivity contribution in [3.8, 4) is 0 Å². The summed E-state index contributed by atoms with van der Waals surface area (Å²) in [5, 5.41) is 68.7. The Morgan fingerprint density at radius 3 is 2.27 bits per heavy atom. The third kappa shape index (κ3) is 10.5. The number of aliphatic hydroxyl groups excluding tert-OH is 5. The van der Waals surface area contributed by atoms with Gasteiger partial charge < -0.3 is 75.7 Å². The number of carboxylic acid groups (broad SMARTS) is 1. The number of amides is 2. The van der Waals surface area contributed by atoms with Crippen molar-refractivity contribution in [3.63, 3.8) is 0 Å². The lowest BCUT2D eigenvalue weighted by Crippen LogP contribution is -2.68. The molecule has 310 valence electrons. The van der Waals surface area contributed by atoms with Gasteiger partial charge in [-0.25, -0.2) is 9.59 Å². The van der Waals surface area contributed by atoms with E-state index in [9.17, 15) is 54.6 Å². The van der Waals surface area contributed by atoms with Crippen molar-refractivity contribution in [3.05, 3.63) is 32.6 Å². The van der Waals surface area contributed by atoms with E-state index in [1.165, 1.54) is 6.92 Å². The molecule has 21 heteroatoms. The minimum atomic E-state index is -1.78. The van der Waals surface area contributed by atoms with Crippen LogP contribution in [0, 0.1) is 5.92 Å². The van der Waals surface area contributed by atoms with Crippen LogP contribution >= 0.6 is 0 Å². The summed E-state index contributed by atoms with van der Waals surface area (Å²) >= 11 is 0. The second-order valence-electron chi connectivity index (χ2n) is 14.6. The topological polar surface area (TPSA) is 335 Å². The maximum absolute atomic E-state index is 13.3. The van der Waals surface area contributed by atoms with Crippen LogP contribution in [0.5, 0.6) is 0 Å². The molecule has 0 spiro atoms. The summed E-state index contributed by atoms with van der Waals surface area (Å²) in [5.41, 5.74) is 3.47. The van der Waals surface area contributed by atoms with Crippen molar-refractivity contribution in [1.82, 2.24) is 20.6 Å². The fraction of sp³-hybridized carbons (Fsp3) is 0.794. The molecule has 0 radical (unpaired) electrons. The third-order valence-corrected chi connectivity index (χ3v) is 10.7. The Hall–Kier alpha value is -3.35. The fourth-order valence-corrected chi connectivity index (χ4v) is 7.77. The number of hydrogen-bond acceptors (Lipinski definition) is 16. The van der Waals surface area contributed by atoms with Crippen molar-refractivity contribution >= 4 is 17.8 Å². The van der Waals surface area contributed by atoms with Gasteiger partial charge in [0.25, 0.3) is 11.5 Å². The number of aromatic nitrogens is 2. The molecular formula is C34H53N5O16. The molecule has 1 aromatic rings. The molecule has 12 N–H and O–H groups in total. The van der Waals surface area contributed by atoms with Crippen molar-refractivity contribution in [2.75, 3.05) is 13.2 Å². The van der Waals surface area contributed by atoms with Gasteiger partial charge in [0.2, 0.25) is 5.91 Å². The molecule has 2 saturated carbocycles. The van der Waals surface area contributed by atoms with E-state index in [0.29, 0.717) is 6.42 Å². The Balaban J connectivity index is 1.46. The van der Waals surface area contributed by atoms with E-state index in [4.69, 9.17) is 29.4 Å². The molecule has 55 heavy (non-hydrogen) atoms. The zero-order chi connectivity index (χ0) is 40.0. The van der Waals surface area contributed by atoms with Crippen LogP contribution in [0.3, 0.4) is 0 Å². The standard InChI is InChI=1S/C34H53N5O16/c1-14-24(43)26(45)27(46)33(51-14)55-28-16(36-30(47)17-11-21(41)39-34(50)37-17)8-5-9-18(28)53-32-23(38-22(42)12-35)29(25(44)20(13-40)54-32)52-19(31(48)49)10-15-6-3-2-4-7-15/h11,14-16,18-20,23-29,32-33,40,43-46H,2-10,12-13,35H2,1H3,(H,36,47)(H,38,42)(H,48,49)(H2,37,39,41,50)/t14?,16?,18-,19+,20+,23?,24-,25+,26+,27?,28-,29?,32-,33+/m1/s1. The summed E-state index contributed by atoms with van der Waals surface area (Å²) < 4.78 is 30.4. The average molecular weight is 788 g/mol. The number of carbonyl (C=O) groups excluding carboxylic acids is 2. The first-order valence-corrected chi connectivity index (χ1v) is 18.7. The predicted molar refractivity (Wildman–Crippen MR) is 185 cm³/mol. The predicted octanol–water partition coefficient (Wildman–Crippen LogP) is -3.73. The molecule has 2 saturated heterocycles. The van der Waals surface area contributed by atoms with Gasteiger partial charge in [-0.3, -0.25) is 19.4 Å². The number of H-pyrrole nitrogens is 2. The third-order valence-electron chi connectivity index (χ3n) is 10.7. The molecule has 21 nitrogen and oxygen atoms in total. The van der Waals surface area contributed by atoms with Gasteiger partial charge in [0.05, 0.1) is 31.4 Å². The lowest BCUT2D eigenvalue weighted by Gasteiger charge is -2.48. The van der Waals surface area contributed by atoms with E-state index < -0.39 is 128 Å². The largest absolute Gasteiger partial charge is 0.479 e. The SMILES string of the molecule is CC1O[C@@H](O[C@@H]2C(NC(=O)c3cc(=O)[nH]c(=O)[nH]3)CCC[C@H]2O[C@@H]2O[C@@H](CO)[C@H](O)C(O[C@@H](CC3CCCCC3)C(=O)O)C2NC(=O)CN)C(O)[C@@H](O)[C@@H]1O. The Morgan fingerprint density at radius 2 is 1.62 bits per heavy atom. The summed E-state index contributed by atoms with van der Waals surface area (Å²) in [7, 11) is 0. The molecule has 4 fully saturated rings. The molecule has 4 aliphatic rings. The van der Waals surface area contributed by atoms with Gasteiger partial charge in [0.1, 0.15) is 54.5 Å². The Bertz CT molecular complexity index is 1540. The van der Waals surface area contributed by atoms with Crippen LogP contribution < -0.4 is 27.6 Å². The number of carbonyl (C=O) groups is 3. The van der Waals surface area contributed by atoms with Crippen LogP contribution in [0.2, 0.25) is 0 Å². The normalized spacial score (nSPS) is 36.5. The lowest BCUT2D eigenvalue weighted by molar-refractivity contribution is -0.334. The van der Waals surface area contributed by atoms with E-state index in [2.05, 4.69) is 15.6 Å².